The predicted molar refractivity (Wildman–Crippen MR) is 91.8 cm³/mol. The van der Waals surface area contributed by atoms with Gasteiger partial charge in [-0.15, -0.1) is 0 Å². The number of nitrogens with zero attached hydrogens (tertiary/aromatic N) is 2. The molecule has 2 heterocycles. The molecule has 134 valence electrons. The van der Waals surface area contributed by atoms with Crippen molar-refractivity contribution >= 4 is 17.8 Å². The maximum atomic E-state index is 12.8. The van der Waals surface area contributed by atoms with Gasteiger partial charge in [-0.1, -0.05) is 30.3 Å². The first-order valence-electron chi connectivity index (χ1n) is 8.91. The monoisotopic (exact) mass is 344 g/mol. The van der Waals surface area contributed by atoms with Gasteiger partial charge in [0.05, 0.1) is 12.3 Å². The van der Waals surface area contributed by atoms with Gasteiger partial charge in [0.1, 0.15) is 6.04 Å². The van der Waals surface area contributed by atoms with E-state index in [0.29, 0.717) is 32.5 Å². The summed E-state index contributed by atoms with van der Waals surface area (Å²) in [6.45, 7) is 1.56. The molecule has 1 unspecified atom stereocenters. The standard InChI is InChI=1S/C19H24N2O4/c22-17(12-14-6-2-1-3-7-14)20-10-4-8-15(13-20)18(23)21-11-5-9-16(21)19(24)25/h1-3,6-7,15-16H,4-5,8-13H2,(H,24,25)/t15?,16-/m0/s1. The topological polar surface area (TPSA) is 77.9 Å². The second-order valence-electron chi connectivity index (χ2n) is 6.87. The van der Waals surface area contributed by atoms with Crippen LogP contribution in [0.5, 0.6) is 0 Å². The molecule has 0 aliphatic carbocycles. The SMILES string of the molecule is O=C(O)[C@@H]1CCCN1C(=O)C1CCCN(C(=O)Cc2ccccc2)C1. The molecule has 0 spiro atoms. The molecular formula is C19H24N2O4. The predicted octanol–water partition coefficient (Wildman–Crippen LogP) is 1.54. The van der Waals surface area contributed by atoms with Crippen LogP contribution >= 0.6 is 0 Å². The lowest BCUT2D eigenvalue weighted by atomic mass is 9.95. The van der Waals surface area contributed by atoms with Gasteiger partial charge in [-0.3, -0.25) is 9.59 Å². The van der Waals surface area contributed by atoms with Crippen molar-refractivity contribution in [2.75, 3.05) is 19.6 Å². The van der Waals surface area contributed by atoms with Crippen LogP contribution in [0.2, 0.25) is 0 Å². The molecule has 2 saturated heterocycles. The van der Waals surface area contributed by atoms with Gasteiger partial charge in [-0.25, -0.2) is 4.79 Å². The third kappa shape index (κ3) is 4.00. The van der Waals surface area contributed by atoms with E-state index in [0.717, 1.165) is 24.8 Å². The van der Waals surface area contributed by atoms with Crippen molar-refractivity contribution in [2.45, 2.75) is 38.1 Å². The van der Waals surface area contributed by atoms with Crippen molar-refractivity contribution in [2.24, 2.45) is 5.92 Å². The number of carboxylic acids is 1. The van der Waals surface area contributed by atoms with Crippen molar-refractivity contribution in [1.82, 2.24) is 9.80 Å². The van der Waals surface area contributed by atoms with Gasteiger partial charge in [-0.05, 0) is 31.2 Å². The Morgan fingerprint density at radius 3 is 2.48 bits per heavy atom. The fourth-order valence-corrected chi connectivity index (χ4v) is 3.81. The number of amides is 2. The molecule has 2 amide bonds. The highest BCUT2D eigenvalue weighted by Gasteiger charge is 2.38. The van der Waals surface area contributed by atoms with E-state index in [2.05, 4.69) is 0 Å². The van der Waals surface area contributed by atoms with Crippen LogP contribution in [0.4, 0.5) is 0 Å². The molecule has 1 N–H and O–H groups in total. The highest BCUT2D eigenvalue weighted by molar-refractivity contribution is 5.86. The number of carbonyl (C=O) groups is 3. The summed E-state index contributed by atoms with van der Waals surface area (Å²) >= 11 is 0. The Labute approximate surface area is 147 Å². The minimum atomic E-state index is -0.932. The third-order valence-corrected chi connectivity index (χ3v) is 5.14. The molecule has 6 nitrogen and oxygen atoms in total. The summed E-state index contributed by atoms with van der Waals surface area (Å²) in [6, 6.07) is 8.87. The summed E-state index contributed by atoms with van der Waals surface area (Å²) < 4.78 is 0. The second-order valence-corrected chi connectivity index (χ2v) is 6.87. The first kappa shape index (κ1) is 17.5. The van der Waals surface area contributed by atoms with Crippen LogP contribution < -0.4 is 0 Å². The molecule has 6 heteroatoms. The van der Waals surface area contributed by atoms with Crippen LogP contribution in [-0.2, 0) is 20.8 Å². The number of carbonyl (C=O) groups excluding carboxylic acids is 2. The summed E-state index contributed by atoms with van der Waals surface area (Å²) in [5.41, 5.74) is 0.964. The van der Waals surface area contributed by atoms with E-state index in [1.165, 1.54) is 4.90 Å². The third-order valence-electron chi connectivity index (χ3n) is 5.14. The minimum Gasteiger partial charge on any atom is -0.480 e. The van der Waals surface area contributed by atoms with Crippen LogP contribution in [-0.4, -0.2) is 58.4 Å². The van der Waals surface area contributed by atoms with E-state index in [-0.39, 0.29) is 17.7 Å². The van der Waals surface area contributed by atoms with Crippen molar-refractivity contribution in [3.63, 3.8) is 0 Å². The van der Waals surface area contributed by atoms with Crippen molar-refractivity contribution in [3.05, 3.63) is 35.9 Å². The smallest absolute Gasteiger partial charge is 0.326 e. The van der Waals surface area contributed by atoms with Gasteiger partial charge in [-0.2, -0.15) is 0 Å². The second kappa shape index (κ2) is 7.68. The molecule has 1 aromatic carbocycles. The summed E-state index contributed by atoms with van der Waals surface area (Å²) in [7, 11) is 0. The van der Waals surface area contributed by atoms with Gasteiger partial charge in [0, 0.05) is 19.6 Å². The van der Waals surface area contributed by atoms with E-state index < -0.39 is 12.0 Å². The lowest BCUT2D eigenvalue weighted by molar-refractivity contribution is -0.151. The van der Waals surface area contributed by atoms with Gasteiger partial charge >= 0.3 is 5.97 Å². The molecule has 2 atom stereocenters. The zero-order chi connectivity index (χ0) is 17.8. The Hall–Kier alpha value is -2.37. The molecule has 3 rings (SSSR count). The first-order chi connectivity index (χ1) is 12.1. The number of benzene rings is 1. The van der Waals surface area contributed by atoms with E-state index in [4.69, 9.17) is 0 Å². The quantitative estimate of drug-likeness (QED) is 0.899. The largest absolute Gasteiger partial charge is 0.480 e. The molecule has 2 aliphatic heterocycles. The van der Waals surface area contributed by atoms with Crippen molar-refractivity contribution < 1.29 is 19.5 Å². The van der Waals surface area contributed by atoms with Gasteiger partial charge < -0.3 is 14.9 Å². The highest BCUT2D eigenvalue weighted by atomic mass is 16.4. The van der Waals surface area contributed by atoms with Crippen molar-refractivity contribution in [3.8, 4) is 0 Å². The lowest BCUT2D eigenvalue weighted by Crippen LogP contribution is -2.49. The molecule has 0 saturated carbocycles. The Morgan fingerprint density at radius 1 is 1.04 bits per heavy atom. The molecule has 0 radical (unpaired) electrons. The number of likely N-dealkylation sites (tertiary alicyclic amines) is 2. The maximum Gasteiger partial charge on any atom is 0.326 e. The lowest BCUT2D eigenvalue weighted by Gasteiger charge is -2.35. The van der Waals surface area contributed by atoms with Crippen LogP contribution in [0.25, 0.3) is 0 Å². The van der Waals surface area contributed by atoms with Crippen LogP contribution in [0.1, 0.15) is 31.2 Å². The molecule has 0 aromatic heterocycles. The highest BCUT2D eigenvalue weighted by Crippen LogP contribution is 2.25. The number of rotatable bonds is 4. The number of carboxylic acid groups (broad SMARTS) is 1. The van der Waals surface area contributed by atoms with Crippen LogP contribution in [0.15, 0.2) is 30.3 Å². The van der Waals surface area contributed by atoms with E-state index >= 15 is 0 Å². The van der Waals surface area contributed by atoms with Gasteiger partial charge in [0.25, 0.3) is 0 Å². The summed E-state index contributed by atoms with van der Waals surface area (Å²) in [6.07, 6.45) is 3.08. The molecule has 2 aliphatic rings. The fourth-order valence-electron chi connectivity index (χ4n) is 3.81. The number of aliphatic carboxylic acids is 1. The summed E-state index contributed by atoms with van der Waals surface area (Å²) in [4.78, 5) is 39.9. The molecule has 0 bridgehead atoms. The summed E-state index contributed by atoms with van der Waals surface area (Å²) in [5, 5.41) is 9.28. The van der Waals surface area contributed by atoms with Crippen molar-refractivity contribution in [1.29, 1.82) is 0 Å². The van der Waals surface area contributed by atoms with E-state index in [1.807, 2.05) is 30.3 Å². The first-order valence-corrected chi connectivity index (χ1v) is 8.91. The Balaban J connectivity index is 1.61. The normalized spacial score (nSPS) is 23.5. The minimum absolute atomic E-state index is 0.0277. The zero-order valence-corrected chi connectivity index (χ0v) is 14.3. The molecule has 2 fully saturated rings. The maximum absolute atomic E-state index is 12.8. The number of hydrogen-bond acceptors (Lipinski definition) is 3. The Bertz CT molecular complexity index is 646. The Kier molecular flexibility index (Phi) is 5.36. The molecular weight excluding hydrogens is 320 g/mol. The average Bonchev–Trinajstić information content (AvgIpc) is 3.12. The Morgan fingerprint density at radius 2 is 1.76 bits per heavy atom. The molecule has 1 aromatic rings. The van der Waals surface area contributed by atoms with Gasteiger partial charge in [0.15, 0.2) is 0 Å². The summed E-state index contributed by atoms with van der Waals surface area (Å²) in [5.74, 6) is -1.30. The molecule has 25 heavy (non-hydrogen) atoms. The number of hydrogen-bond donors (Lipinski definition) is 1. The van der Waals surface area contributed by atoms with Crippen LogP contribution in [0, 0.1) is 5.92 Å². The van der Waals surface area contributed by atoms with E-state index in [9.17, 15) is 19.5 Å². The number of piperidine rings is 1. The zero-order valence-electron chi connectivity index (χ0n) is 14.3. The van der Waals surface area contributed by atoms with E-state index in [1.54, 1.807) is 4.90 Å². The van der Waals surface area contributed by atoms with Crippen LogP contribution in [0.3, 0.4) is 0 Å². The fraction of sp³-hybridized carbons (Fsp3) is 0.526. The average molecular weight is 344 g/mol. The van der Waals surface area contributed by atoms with Gasteiger partial charge in [0.2, 0.25) is 11.8 Å².